The highest BCUT2D eigenvalue weighted by Crippen LogP contribution is 2.32. The fourth-order valence-electron chi connectivity index (χ4n) is 3.30. The van der Waals surface area contributed by atoms with Crippen molar-refractivity contribution in [1.29, 1.82) is 0 Å². The summed E-state index contributed by atoms with van der Waals surface area (Å²) in [6, 6.07) is 23.5. The molecule has 0 radical (unpaired) electrons. The molecule has 0 saturated heterocycles. The van der Waals surface area contributed by atoms with E-state index < -0.39 is 15.9 Å². The number of sulfonamides is 1. The highest BCUT2D eigenvalue weighted by atomic mass is 35.5. The van der Waals surface area contributed by atoms with Crippen molar-refractivity contribution in [2.24, 2.45) is 7.05 Å². The topological polar surface area (TPSA) is 84.3 Å². The summed E-state index contributed by atoms with van der Waals surface area (Å²) in [7, 11) is -2.32. The Morgan fingerprint density at radius 1 is 1.00 bits per heavy atom. The van der Waals surface area contributed by atoms with Crippen LogP contribution in [0.2, 0.25) is 5.02 Å². The first-order valence-electron chi connectivity index (χ1n) is 10.1. The second kappa shape index (κ2) is 9.48. The van der Waals surface area contributed by atoms with Crippen molar-refractivity contribution in [3.05, 3.63) is 107 Å². The number of benzene rings is 3. The first kappa shape index (κ1) is 22.6. The number of rotatable bonds is 7. The van der Waals surface area contributed by atoms with E-state index in [-0.39, 0.29) is 17.0 Å². The number of carbonyl (C=O) groups excluding carboxylic acids is 1. The monoisotopic (exact) mass is 480 g/mol. The molecule has 0 saturated carbocycles. The van der Waals surface area contributed by atoms with Crippen LogP contribution in [0.25, 0.3) is 0 Å². The van der Waals surface area contributed by atoms with Crippen molar-refractivity contribution in [3.8, 4) is 0 Å². The van der Waals surface area contributed by atoms with Gasteiger partial charge in [0.05, 0.1) is 22.2 Å². The van der Waals surface area contributed by atoms with Crippen LogP contribution in [0.5, 0.6) is 0 Å². The number of aromatic nitrogens is 2. The molecule has 0 unspecified atom stereocenters. The second-order valence-corrected chi connectivity index (χ2v) is 9.57. The van der Waals surface area contributed by atoms with E-state index in [9.17, 15) is 13.2 Å². The Morgan fingerprint density at radius 3 is 2.42 bits per heavy atom. The lowest BCUT2D eigenvalue weighted by Crippen LogP contribution is -2.31. The smallest absolute Gasteiger partial charge is 0.264 e. The zero-order valence-corrected chi connectivity index (χ0v) is 19.3. The van der Waals surface area contributed by atoms with Crippen LogP contribution >= 0.6 is 11.6 Å². The molecule has 0 aliphatic heterocycles. The first-order chi connectivity index (χ1) is 15.8. The van der Waals surface area contributed by atoms with Crippen LogP contribution in [-0.2, 0) is 23.6 Å². The summed E-state index contributed by atoms with van der Waals surface area (Å²) in [6.07, 6.45) is 1.70. The third-order valence-electron chi connectivity index (χ3n) is 4.93. The number of nitrogens with zero attached hydrogens (tertiary/aromatic N) is 3. The third kappa shape index (κ3) is 5.08. The molecular formula is C24H21ClN4O3S. The number of carbonyl (C=O) groups is 1. The molecule has 1 heterocycles. The van der Waals surface area contributed by atoms with Gasteiger partial charge < -0.3 is 5.32 Å². The van der Waals surface area contributed by atoms with Gasteiger partial charge in [0.25, 0.3) is 15.9 Å². The van der Waals surface area contributed by atoms with Gasteiger partial charge in [-0.25, -0.2) is 8.42 Å². The van der Waals surface area contributed by atoms with E-state index >= 15 is 0 Å². The van der Waals surface area contributed by atoms with Crippen molar-refractivity contribution in [1.82, 2.24) is 9.78 Å². The number of para-hydroxylation sites is 1. The lowest BCUT2D eigenvalue weighted by Gasteiger charge is -2.25. The number of hydrogen-bond acceptors (Lipinski definition) is 4. The van der Waals surface area contributed by atoms with Gasteiger partial charge in [-0.15, -0.1) is 0 Å². The van der Waals surface area contributed by atoms with Crippen molar-refractivity contribution in [2.75, 3.05) is 9.62 Å². The van der Waals surface area contributed by atoms with Gasteiger partial charge in [-0.1, -0.05) is 60.1 Å². The van der Waals surface area contributed by atoms with Crippen LogP contribution in [-0.4, -0.2) is 24.1 Å². The molecule has 4 aromatic rings. The minimum absolute atomic E-state index is 0.0213. The van der Waals surface area contributed by atoms with Crippen LogP contribution in [0.1, 0.15) is 15.9 Å². The lowest BCUT2D eigenvalue weighted by atomic mass is 10.2. The van der Waals surface area contributed by atoms with Crippen molar-refractivity contribution < 1.29 is 13.2 Å². The average molecular weight is 481 g/mol. The average Bonchev–Trinajstić information content (AvgIpc) is 3.23. The molecule has 3 aromatic carbocycles. The van der Waals surface area contributed by atoms with Gasteiger partial charge in [-0.3, -0.25) is 13.8 Å². The lowest BCUT2D eigenvalue weighted by molar-refractivity contribution is 0.102. The molecule has 0 bridgehead atoms. The van der Waals surface area contributed by atoms with Crippen molar-refractivity contribution >= 4 is 39.0 Å². The molecule has 1 aromatic heterocycles. The quantitative estimate of drug-likeness (QED) is 0.414. The molecule has 1 N–H and O–H groups in total. The molecule has 168 valence electrons. The summed E-state index contributed by atoms with van der Waals surface area (Å²) < 4.78 is 30.3. The van der Waals surface area contributed by atoms with E-state index in [0.717, 1.165) is 5.56 Å². The van der Waals surface area contributed by atoms with Crippen molar-refractivity contribution in [2.45, 2.75) is 11.4 Å². The van der Waals surface area contributed by atoms with E-state index in [2.05, 4.69) is 10.4 Å². The number of amides is 1. The van der Waals surface area contributed by atoms with Crippen LogP contribution in [0, 0.1) is 0 Å². The Balaban J connectivity index is 1.71. The summed E-state index contributed by atoms with van der Waals surface area (Å²) in [5.74, 6) is -0.0874. The van der Waals surface area contributed by atoms with E-state index in [1.807, 2.05) is 30.3 Å². The van der Waals surface area contributed by atoms with Crippen LogP contribution in [0.4, 0.5) is 11.5 Å². The summed E-state index contributed by atoms with van der Waals surface area (Å²) in [5, 5.41) is 7.09. The van der Waals surface area contributed by atoms with E-state index in [0.29, 0.717) is 16.5 Å². The molecule has 0 atom stereocenters. The predicted octanol–water partition coefficient (Wildman–Crippen LogP) is 4.72. The zero-order valence-electron chi connectivity index (χ0n) is 17.7. The summed E-state index contributed by atoms with van der Waals surface area (Å²) in [5.41, 5.74) is 1.34. The molecule has 0 aliphatic carbocycles. The van der Waals surface area contributed by atoms with Crippen molar-refractivity contribution in [3.63, 3.8) is 0 Å². The van der Waals surface area contributed by atoms with Gasteiger partial charge in [-0.2, -0.15) is 5.10 Å². The maximum atomic E-state index is 13.7. The molecule has 9 heteroatoms. The van der Waals surface area contributed by atoms with E-state index in [1.165, 1.54) is 22.5 Å². The normalized spacial score (nSPS) is 11.2. The van der Waals surface area contributed by atoms with Gasteiger partial charge in [0.1, 0.15) is 0 Å². The maximum absolute atomic E-state index is 13.7. The molecule has 4 rings (SSSR count). The summed E-state index contributed by atoms with van der Waals surface area (Å²) in [6.45, 7) is 0.0806. The molecule has 0 fully saturated rings. The number of nitrogens with one attached hydrogen (secondary N) is 1. The molecule has 0 spiro atoms. The van der Waals surface area contributed by atoms with Gasteiger partial charge in [0.15, 0.2) is 5.82 Å². The first-order valence-corrected chi connectivity index (χ1v) is 11.9. The summed E-state index contributed by atoms with van der Waals surface area (Å²) >= 11 is 6.37. The molecule has 33 heavy (non-hydrogen) atoms. The van der Waals surface area contributed by atoms with Crippen LogP contribution in [0.3, 0.4) is 0 Å². The fraction of sp³-hybridized carbons (Fsp3) is 0.0833. The fourth-order valence-corrected chi connectivity index (χ4v) is 5.10. The Bertz CT molecular complexity index is 1390. The second-order valence-electron chi connectivity index (χ2n) is 7.31. The van der Waals surface area contributed by atoms with Crippen LogP contribution in [0.15, 0.2) is 96.0 Å². The number of aryl methyl sites for hydroxylation is 1. The van der Waals surface area contributed by atoms with E-state index in [1.54, 1.807) is 54.3 Å². The number of halogens is 1. The highest BCUT2D eigenvalue weighted by Gasteiger charge is 2.27. The van der Waals surface area contributed by atoms with Gasteiger partial charge in [0.2, 0.25) is 0 Å². The SMILES string of the molecule is Cn1ccc(NC(=O)c2cccc(S(=O)(=O)N(Cc3ccccc3)c3ccccc3Cl)c2)n1. The van der Waals surface area contributed by atoms with Gasteiger partial charge >= 0.3 is 0 Å². The largest absolute Gasteiger partial charge is 0.305 e. The van der Waals surface area contributed by atoms with E-state index in [4.69, 9.17) is 11.6 Å². The molecular weight excluding hydrogens is 460 g/mol. The maximum Gasteiger partial charge on any atom is 0.264 e. The molecule has 0 aliphatic rings. The molecule has 7 nitrogen and oxygen atoms in total. The minimum atomic E-state index is -4.05. The van der Waals surface area contributed by atoms with Crippen LogP contribution < -0.4 is 9.62 Å². The Hall–Kier alpha value is -3.62. The summed E-state index contributed by atoms with van der Waals surface area (Å²) in [4.78, 5) is 12.7. The zero-order chi connectivity index (χ0) is 23.4. The predicted molar refractivity (Wildman–Crippen MR) is 129 cm³/mol. The molecule has 1 amide bonds. The Labute approximate surface area is 197 Å². The highest BCUT2D eigenvalue weighted by molar-refractivity contribution is 7.92. The Kier molecular flexibility index (Phi) is 6.48. The Morgan fingerprint density at radius 2 is 1.73 bits per heavy atom. The number of hydrogen-bond donors (Lipinski definition) is 1. The minimum Gasteiger partial charge on any atom is -0.305 e. The number of anilines is 2. The van der Waals surface area contributed by atoms with Gasteiger partial charge in [-0.05, 0) is 35.9 Å². The standard InChI is InChI=1S/C24H21ClN4O3S/c1-28-15-14-23(27-28)26-24(30)19-10-7-11-20(16-19)33(31,32)29(17-18-8-3-2-4-9-18)22-13-6-5-12-21(22)25/h2-16H,17H2,1H3,(H,26,27,30). The third-order valence-corrected chi connectivity index (χ3v) is 7.00. The van der Waals surface area contributed by atoms with Gasteiger partial charge in [0, 0.05) is 24.9 Å².